The smallest absolute Gasteiger partial charge is 0.158 e. The maximum absolute atomic E-state index is 11.2. The van der Waals surface area contributed by atoms with E-state index in [9.17, 15) is 4.79 Å². The number of allylic oxidation sites excluding steroid dienone is 1. The fourth-order valence-corrected chi connectivity index (χ4v) is 1.22. The summed E-state index contributed by atoms with van der Waals surface area (Å²) < 4.78 is 0. The molecule has 0 amide bonds. The van der Waals surface area contributed by atoms with E-state index in [1.54, 1.807) is 6.92 Å². The Labute approximate surface area is 81.6 Å². The lowest BCUT2D eigenvalue weighted by Gasteiger charge is -2.17. The van der Waals surface area contributed by atoms with E-state index < -0.39 is 0 Å². The molecular weight excluding hydrogens is 162 g/mol. The maximum atomic E-state index is 11.2. The third kappa shape index (κ3) is 5.58. The lowest BCUT2D eigenvalue weighted by atomic mass is 10.1. The van der Waals surface area contributed by atoms with Crippen LogP contribution >= 0.6 is 0 Å². The molecule has 0 bridgehead atoms. The third-order valence-electron chi connectivity index (χ3n) is 2.25. The number of ketones is 1. The first-order chi connectivity index (χ1) is 6.11. The van der Waals surface area contributed by atoms with Crippen LogP contribution in [0.4, 0.5) is 0 Å². The van der Waals surface area contributed by atoms with Gasteiger partial charge in [0.15, 0.2) is 5.78 Å². The standard InChI is InChI=1S/C11H21NO/c1-5-12(6-2)9-7-8-11(13)10(3)4/h3,5-9H2,1-2,4H3. The van der Waals surface area contributed by atoms with E-state index in [-0.39, 0.29) is 5.78 Å². The summed E-state index contributed by atoms with van der Waals surface area (Å²) in [6.45, 7) is 12.8. The summed E-state index contributed by atoms with van der Waals surface area (Å²) in [7, 11) is 0. The lowest BCUT2D eigenvalue weighted by molar-refractivity contribution is -0.115. The number of hydrogen-bond acceptors (Lipinski definition) is 2. The predicted octanol–water partition coefficient (Wildman–Crippen LogP) is 2.25. The van der Waals surface area contributed by atoms with Gasteiger partial charge in [-0.05, 0) is 38.6 Å². The Morgan fingerprint density at radius 2 is 1.85 bits per heavy atom. The van der Waals surface area contributed by atoms with Crippen LogP contribution in [0.2, 0.25) is 0 Å². The van der Waals surface area contributed by atoms with Crippen molar-refractivity contribution in [2.45, 2.75) is 33.6 Å². The number of Topliss-reactive ketones (excluding diaryl/α,β-unsaturated/α-hetero) is 1. The van der Waals surface area contributed by atoms with Gasteiger partial charge in [-0.1, -0.05) is 20.4 Å². The van der Waals surface area contributed by atoms with Gasteiger partial charge >= 0.3 is 0 Å². The molecular formula is C11H21NO. The van der Waals surface area contributed by atoms with E-state index >= 15 is 0 Å². The molecule has 0 aliphatic carbocycles. The van der Waals surface area contributed by atoms with Crippen LogP contribution in [-0.2, 0) is 4.79 Å². The molecule has 0 aliphatic rings. The Kier molecular flexibility index (Phi) is 6.51. The van der Waals surface area contributed by atoms with Crippen molar-refractivity contribution in [3.05, 3.63) is 12.2 Å². The van der Waals surface area contributed by atoms with Gasteiger partial charge in [0.05, 0.1) is 0 Å². The van der Waals surface area contributed by atoms with E-state index in [0.29, 0.717) is 12.0 Å². The van der Waals surface area contributed by atoms with Crippen molar-refractivity contribution in [3.63, 3.8) is 0 Å². The van der Waals surface area contributed by atoms with Gasteiger partial charge in [0.2, 0.25) is 0 Å². The van der Waals surface area contributed by atoms with E-state index in [0.717, 1.165) is 26.1 Å². The molecule has 0 radical (unpaired) electrons. The Balaban J connectivity index is 3.54. The Morgan fingerprint density at radius 3 is 2.23 bits per heavy atom. The highest BCUT2D eigenvalue weighted by Crippen LogP contribution is 2.00. The number of nitrogens with zero attached hydrogens (tertiary/aromatic N) is 1. The van der Waals surface area contributed by atoms with Crippen molar-refractivity contribution in [2.75, 3.05) is 19.6 Å². The van der Waals surface area contributed by atoms with Crippen molar-refractivity contribution < 1.29 is 4.79 Å². The molecule has 0 saturated carbocycles. The molecule has 2 nitrogen and oxygen atoms in total. The van der Waals surface area contributed by atoms with E-state index in [2.05, 4.69) is 25.3 Å². The van der Waals surface area contributed by atoms with Crippen LogP contribution < -0.4 is 0 Å². The molecule has 0 saturated heterocycles. The second-order valence-electron chi connectivity index (χ2n) is 3.33. The van der Waals surface area contributed by atoms with Gasteiger partial charge in [-0.15, -0.1) is 0 Å². The average molecular weight is 183 g/mol. The summed E-state index contributed by atoms with van der Waals surface area (Å²) >= 11 is 0. The molecule has 0 heterocycles. The fraction of sp³-hybridized carbons (Fsp3) is 0.727. The molecule has 0 N–H and O–H groups in total. The number of rotatable bonds is 7. The lowest BCUT2D eigenvalue weighted by Crippen LogP contribution is -2.24. The minimum atomic E-state index is 0.201. The van der Waals surface area contributed by atoms with Crippen molar-refractivity contribution >= 4 is 5.78 Å². The van der Waals surface area contributed by atoms with Gasteiger partial charge in [0, 0.05) is 6.42 Å². The van der Waals surface area contributed by atoms with Gasteiger partial charge in [0.1, 0.15) is 0 Å². The molecule has 76 valence electrons. The van der Waals surface area contributed by atoms with Crippen LogP contribution in [0.3, 0.4) is 0 Å². The fourth-order valence-electron chi connectivity index (χ4n) is 1.22. The van der Waals surface area contributed by atoms with E-state index in [1.165, 1.54) is 0 Å². The summed E-state index contributed by atoms with van der Waals surface area (Å²) in [5.41, 5.74) is 0.680. The summed E-state index contributed by atoms with van der Waals surface area (Å²) in [5, 5.41) is 0. The van der Waals surface area contributed by atoms with Crippen molar-refractivity contribution in [3.8, 4) is 0 Å². The van der Waals surface area contributed by atoms with Crippen LogP contribution in [0.5, 0.6) is 0 Å². The molecule has 2 heteroatoms. The summed E-state index contributed by atoms with van der Waals surface area (Å²) in [6.07, 6.45) is 1.60. The average Bonchev–Trinajstić information content (AvgIpc) is 2.12. The molecule has 0 aromatic carbocycles. The number of carbonyl (C=O) groups excluding carboxylic acids is 1. The van der Waals surface area contributed by atoms with Crippen LogP contribution in [0.15, 0.2) is 12.2 Å². The van der Waals surface area contributed by atoms with Crippen molar-refractivity contribution in [2.24, 2.45) is 0 Å². The first-order valence-corrected chi connectivity index (χ1v) is 5.02. The van der Waals surface area contributed by atoms with Crippen LogP contribution in [-0.4, -0.2) is 30.3 Å². The van der Waals surface area contributed by atoms with Gasteiger partial charge in [-0.3, -0.25) is 4.79 Å². The van der Waals surface area contributed by atoms with Crippen molar-refractivity contribution in [1.29, 1.82) is 0 Å². The zero-order chi connectivity index (χ0) is 10.3. The monoisotopic (exact) mass is 183 g/mol. The van der Waals surface area contributed by atoms with Gasteiger partial charge < -0.3 is 4.90 Å². The Morgan fingerprint density at radius 1 is 1.31 bits per heavy atom. The second kappa shape index (κ2) is 6.84. The zero-order valence-corrected chi connectivity index (χ0v) is 9.10. The number of hydrogen-bond donors (Lipinski definition) is 0. The molecule has 0 aromatic rings. The quantitative estimate of drug-likeness (QED) is 0.564. The first kappa shape index (κ1) is 12.4. The third-order valence-corrected chi connectivity index (χ3v) is 2.25. The number of carbonyl (C=O) groups is 1. The summed E-state index contributed by atoms with van der Waals surface area (Å²) in [6, 6.07) is 0. The predicted molar refractivity (Wildman–Crippen MR) is 56.8 cm³/mol. The van der Waals surface area contributed by atoms with E-state index in [4.69, 9.17) is 0 Å². The molecule has 0 rings (SSSR count). The van der Waals surface area contributed by atoms with E-state index in [1.807, 2.05) is 0 Å². The van der Waals surface area contributed by atoms with Crippen LogP contribution in [0.25, 0.3) is 0 Å². The van der Waals surface area contributed by atoms with Crippen LogP contribution in [0.1, 0.15) is 33.6 Å². The highest BCUT2D eigenvalue weighted by molar-refractivity contribution is 5.93. The minimum Gasteiger partial charge on any atom is -0.304 e. The summed E-state index contributed by atoms with van der Waals surface area (Å²) in [5.74, 6) is 0.201. The molecule has 0 atom stereocenters. The molecule has 0 spiro atoms. The topological polar surface area (TPSA) is 20.3 Å². The largest absolute Gasteiger partial charge is 0.304 e. The summed E-state index contributed by atoms with van der Waals surface area (Å²) in [4.78, 5) is 13.5. The second-order valence-corrected chi connectivity index (χ2v) is 3.33. The van der Waals surface area contributed by atoms with Gasteiger partial charge in [-0.25, -0.2) is 0 Å². The minimum absolute atomic E-state index is 0.201. The Bertz CT molecular complexity index is 171. The highest BCUT2D eigenvalue weighted by Gasteiger charge is 2.03. The molecule has 0 fully saturated rings. The van der Waals surface area contributed by atoms with Gasteiger partial charge in [0.25, 0.3) is 0 Å². The normalized spacial score (nSPS) is 10.5. The highest BCUT2D eigenvalue weighted by atomic mass is 16.1. The molecule has 0 aromatic heterocycles. The molecule has 13 heavy (non-hydrogen) atoms. The Hall–Kier alpha value is -0.630. The maximum Gasteiger partial charge on any atom is 0.158 e. The van der Waals surface area contributed by atoms with Crippen LogP contribution in [0, 0.1) is 0 Å². The van der Waals surface area contributed by atoms with Crippen molar-refractivity contribution in [1.82, 2.24) is 4.90 Å². The SMILES string of the molecule is C=C(C)C(=O)CCCN(CC)CC. The molecule has 0 unspecified atom stereocenters. The van der Waals surface area contributed by atoms with Gasteiger partial charge in [-0.2, -0.15) is 0 Å². The first-order valence-electron chi connectivity index (χ1n) is 5.02. The molecule has 0 aliphatic heterocycles. The zero-order valence-electron chi connectivity index (χ0n) is 9.10.